The zero-order valence-electron chi connectivity index (χ0n) is 17.3. The third kappa shape index (κ3) is 3.93. The van der Waals surface area contributed by atoms with Crippen LogP contribution >= 0.6 is 0 Å². The van der Waals surface area contributed by atoms with Crippen molar-refractivity contribution in [2.45, 2.75) is 23.6 Å². The van der Waals surface area contributed by atoms with Gasteiger partial charge >= 0.3 is 0 Å². The number of benzene rings is 3. The highest BCUT2D eigenvalue weighted by atomic mass is 32.2. The first-order valence-electron chi connectivity index (χ1n) is 9.26. The van der Waals surface area contributed by atoms with E-state index in [1.807, 2.05) is 6.07 Å². The van der Waals surface area contributed by atoms with Crippen LogP contribution in [0.5, 0.6) is 0 Å². The standard InChI is InChI=1S/C22H24N2O4S2/c1-17-15-18(2)22(30(27,28)23(3)19-11-7-5-8-12-19)16-21(17)24(4)29(25,26)20-13-9-6-10-14-20/h5-16H,1-4H3. The molecule has 0 amide bonds. The Morgan fingerprint density at radius 3 is 1.73 bits per heavy atom. The fourth-order valence-corrected chi connectivity index (χ4v) is 5.94. The zero-order valence-corrected chi connectivity index (χ0v) is 18.9. The van der Waals surface area contributed by atoms with Crippen LogP contribution in [0, 0.1) is 13.8 Å². The second-order valence-electron chi connectivity index (χ2n) is 7.00. The highest BCUT2D eigenvalue weighted by Crippen LogP contribution is 2.32. The lowest BCUT2D eigenvalue weighted by atomic mass is 10.1. The highest BCUT2D eigenvalue weighted by Gasteiger charge is 2.28. The number of anilines is 2. The Hall–Kier alpha value is -2.84. The monoisotopic (exact) mass is 444 g/mol. The molecule has 3 aromatic rings. The van der Waals surface area contributed by atoms with E-state index >= 15 is 0 Å². The van der Waals surface area contributed by atoms with Crippen LogP contribution in [0.4, 0.5) is 11.4 Å². The van der Waals surface area contributed by atoms with Crippen molar-refractivity contribution in [1.29, 1.82) is 0 Å². The first-order chi connectivity index (χ1) is 14.1. The maximum Gasteiger partial charge on any atom is 0.264 e. The fraction of sp³-hybridized carbons (Fsp3) is 0.182. The smallest absolute Gasteiger partial charge is 0.264 e. The molecular formula is C22H24N2O4S2. The van der Waals surface area contributed by atoms with Gasteiger partial charge in [0.2, 0.25) is 0 Å². The molecule has 0 aromatic heterocycles. The van der Waals surface area contributed by atoms with Crippen LogP contribution in [0.1, 0.15) is 11.1 Å². The summed E-state index contributed by atoms with van der Waals surface area (Å²) in [5.41, 5.74) is 2.04. The molecule has 0 spiro atoms. The van der Waals surface area contributed by atoms with Gasteiger partial charge in [0.05, 0.1) is 21.2 Å². The molecule has 0 radical (unpaired) electrons. The Morgan fingerprint density at radius 1 is 0.633 bits per heavy atom. The van der Waals surface area contributed by atoms with E-state index < -0.39 is 20.0 Å². The van der Waals surface area contributed by atoms with Gasteiger partial charge in [-0.15, -0.1) is 0 Å². The quantitative estimate of drug-likeness (QED) is 0.577. The van der Waals surface area contributed by atoms with Gasteiger partial charge in [0, 0.05) is 14.1 Å². The second-order valence-corrected chi connectivity index (χ2v) is 10.9. The fourth-order valence-electron chi connectivity index (χ4n) is 3.24. The summed E-state index contributed by atoms with van der Waals surface area (Å²) >= 11 is 0. The zero-order chi connectivity index (χ0) is 22.1. The summed E-state index contributed by atoms with van der Waals surface area (Å²) in [5, 5.41) is 0. The summed E-state index contributed by atoms with van der Waals surface area (Å²) in [6.07, 6.45) is 0. The minimum absolute atomic E-state index is 0.0598. The van der Waals surface area contributed by atoms with Crippen molar-refractivity contribution in [2.24, 2.45) is 0 Å². The maximum absolute atomic E-state index is 13.3. The Morgan fingerprint density at radius 2 is 1.17 bits per heavy atom. The average molecular weight is 445 g/mol. The average Bonchev–Trinajstić information content (AvgIpc) is 2.73. The van der Waals surface area contributed by atoms with E-state index in [0.717, 1.165) is 4.31 Å². The van der Waals surface area contributed by atoms with Crippen LogP contribution in [0.25, 0.3) is 0 Å². The molecule has 3 rings (SSSR count). The molecule has 30 heavy (non-hydrogen) atoms. The molecule has 0 fully saturated rings. The van der Waals surface area contributed by atoms with Crippen LogP contribution in [0.15, 0.2) is 82.6 Å². The molecule has 0 aliphatic heterocycles. The summed E-state index contributed by atoms with van der Waals surface area (Å²) < 4.78 is 55.1. The molecule has 158 valence electrons. The van der Waals surface area contributed by atoms with E-state index in [2.05, 4.69) is 0 Å². The van der Waals surface area contributed by atoms with Gasteiger partial charge in [-0.3, -0.25) is 8.61 Å². The van der Waals surface area contributed by atoms with Crippen molar-refractivity contribution >= 4 is 31.4 Å². The van der Waals surface area contributed by atoms with Crippen molar-refractivity contribution in [3.8, 4) is 0 Å². The minimum Gasteiger partial charge on any atom is -0.269 e. The Bertz CT molecular complexity index is 1260. The summed E-state index contributed by atoms with van der Waals surface area (Å²) in [6.45, 7) is 3.46. The van der Waals surface area contributed by atoms with Gasteiger partial charge in [0.25, 0.3) is 20.0 Å². The first-order valence-corrected chi connectivity index (χ1v) is 12.1. The molecule has 0 aliphatic carbocycles. The summed E-state index contributed by atoms with van der Waals surface area (Å²) in [7, 11) is -4.82. The van der Waals surface area contributed by atoms with E-state index in [1.165, 1.54) is 36.6 Å². The van der Waals surface area contributed by atoms with Crippen LogP contribution < -0.4 is 8.61 Å². The van der Waals surface area contributed by atoms with E-state index in [-0.39, 0.29) is 9.79 Å². The molecule has 0 bridgehead atoms. The van der Waals surface area contributed by atoms with Crippen molar-refractivity contribution in [3.05, 3.63) is 83.9 Å². The Balaban J connectivity index is 2.11. The van der Waals surface area contributed by atoms with E-state index in [1.54, 1.807) is 62.4 Å². The first kappa shape index (κ1) is 21.9. The molecule has 0 atom stereocenters. The molecule has 8 heteroatoms. The predicted molar refractivity (Wildman–Crippen MR) is 120 cm³/mol. The molecule has 0 saturated heterocycles. The molecule has 0 heterocycles. The number of sulfonamides is 2. The van der Waals surface area contributed by atoms with Crippen LogP contribution in [-0.4, -0.2) is 30.9 Å². The maximum atomic E-state index is 13.3. The SMILES string of the molecule is Cc1cc(C)c(S(=O)(=O)N(C)c2ccccc2)cc1N(C)S(=O)(=O)c1ccccc1. The number of hydrogen-bond acceptors (Lipinski definition) is 4. The molecule has 3 aromatic carbocycles. The Labute approximate surface area is 178 Å². The molecule has 0 unspecified atom stereocenters. The molecule has 0 aliphatic rings. The van der Waals surface area contributed by atoms with E-state index in [0.29, 0.717) is 22.5 Å². The van der Waals surface area contributed by atoms with Gasteiger partial charge in [-0.05, 0) is 55.3 Å². The third-order valence-corrected chi connectivity index (χ3v) is 8.71. The van der Waals surface area contributed by atoms with E-state index in [9.17, 15) is 16.8 Å². The van der Waals surface area contributed by atoms with E-state index in [4.69, 9.17) is 0 Å². The Kier molecular flexibility index (Phi) is 5.92. The lowest BCUT2D eigenvalue weighted by Gasteiger charge is -2.25. The van der Waals surface area contributed by atoms with Crippen molar-refractivity contribution in [2.75, 3.05) is 22.7 Å². The highest BCUT2D eigenvalue weighted by molar-refractivity contribution is 7.93. The van der Waals surface area contributed by atoms with Gasteiger partial charge in [-0.2, -0.15) is 0 Å². The van der Waals surface area contributed by atoms with Crippen LogP contribution in [0.2, 0.25) is 0 Å². The van der Waals surface area contributed by atoms with Crippen LogP contribution in [0.3, 0.4) is 0 Å². The molecule has 0 saturated carbocycles. The number of nitrogens with zero attached hydrogens (tertiary/aromatic N) is 2. The van der Waals surface area contributed by atoms with Crippen molar-refractivity contribution in [3.63, 3.8) is 0 Å². The summed E-state index contributed by atoms with van der Waals surface area (Å²) in [6, 6.07) is 19.9. The second kappa shape index (κ2) is 8.12. The third-order valence-electron chi connectivity index (χ3n) is 4.99. The molecule has 0 N–H and O–H groups in total. The normalized spacial score (nSPS) is 11.9. The summed E-state index contributed by atoms with van der Waals surface area (Å²) in [4.78, 5) is 0.197. The van der Waals surface area contributed by atoms with Crippen molar-refractivity contribution in [1.82, 2.24) is 0 Å². The number of rotatable bonds is 6. The predicted octanol–water partition coefficient (Wildman–Crippen LogP) is 3.95. The van der Waals surface area contributed by atoms with Gasteiger partial charge in [-0.1, -0.05) is 42.5 Å². The van der Waals surface area contributed by atoms with Crippen LogP contribution in [-0.2, 0) is 20.0 Å². The number of aryl methyl sites for hydroxylation is 2. The van der Waals surface area contributed by atoms with Gasteiger partial charge < -0.3 is 0 Å². The topological polar surface area (TPSA) is 74.8 Å². The van der Waals surface area contributed by atoms with Gasteiger partial charge in [-0.25, -0.2) is 16.8 Å². The lowest BCUT2D eigenvalue weighted by Crippen LogP contribution is -2.29. The largest absolute Gasteiger partial charge is 0.269 e. The summed E-state index contributed by atoms with van der Waals surface area (Å²) in [5.74, 6) is 0. The van der Waals surface area contributed by atoms with Gasteiger partial charge in [0.1, 0.15) is 0 Å². The minimum atomic E-state index is -3.89. The molecular weight excluding hydrogens is 420 g/mol. The number of hydrogen-bond donors (Lipinski definition) is 0. The van der Waals surface area contributed by atoms with Gasteiger partial charge in [0.15, 0.2) is 0 Å². The lowest BCUT2D eigenvalue weighted by molar-refractivity contribution is 0.591. The molecule has 6 nitrogen and oxygen atoms in total. The number of para-hydroxylation sites is 1. The van der Waals surface area contributed by atoms with Crippen molar-refractivity contribution < 1.29 is 16.8 Å².